The number of carbonyl (C=O) groups excluding carboxylic acids is 1. The number of carbonyl (C=O) groups is 1. The van der Waals surface area contributed by atoms with Crippen molar-refractivity contribution in [1.29, 1.82) is 0 Å². The molecule has 3 N–H and O–H groups in total. The van der Waals surface area contributed by atoms with Gasteiger partial charge in [0, 0.05) is 6.04 Å². The van der Waals surface area contributed by atoms with Gasteiger partial charge < -0.3 is 11.1 Å². The summed E-state index contributed by atoms with van der Waals surface area (Å²) in [5, 5.41) is 8.64. The molecule has 6 heteroatoms. The summed E-state index contributed by atoms with van der Waals surface area (Å²) in [6, 6.07) is 0.365. The molecule has 1 fully saturated rings. The Hall–Kier alpha value is -1.07. The van der Waals surface area contributed by atoms with Crippen LogP contribution in [0.5, 0.6) is 0 Å². The van der Waals surface area contributed by atoms with Crippen LogP contribution >= 0.6 is 11.6 Å². The van der Waals surface area contributed by atoms with Gasteiger partial charge in [-0.1, -0.05) is 11.6 Å². The minimum absolute atomic E-state index is 0.156. The van der Waals surface area contributed by atoms with Crippen LogP contribution in [-0.2, 0) is 4.79 Å². The molecule has 0 aliphatic heterocycles. The highest BCUT2D eigenvalue weighted by molar-refractivity contribution is 6.31. The number of nitrogens with two attached hydrogens (primary N) is 1. The molecular weight excluding hydrogens is 288 g/mol. The molecule has 0 radical (unpaired) electrons. The average Bonchev–Trinajstić information content (AvgIpc) is 2.66. The molecule has 1 amide bonds. The SMILES string of the molecule is Cc1nn(C2CCCC(NC(C)C)(C(N)=O)C2)c(C)c1Cl. The standard InChI is InChI=1S/C15H25ClN4O/c1-9(2)18-15(14(17)21)7-5-6-12(8-15)20-11(4)13(16)10(3)19-20/h9,12,18H,5-8H2,1-4H3,(H2,17,21). The van der Waals surface area contributed by atoms with E-state index in [1.165, 1.54) is 0 Å². The fraction of sp³-hybridized carbons (Fsp3) is 0.733. The first-order chi connectivity index (χ1) is 9.77. The zero-order chi connectivity index (χ0) is 15.8. The molecule has 1 aliphatic carbocycles. The smallest absolute Gasteiger partial charge is 0.237 e. The van der Waals surface area contributed by atoms with Crippen molar-refractivity contribution in [3.63, 3.8) is 0 Å². The lowest BCUT2D eigenvalue weighted by Gasteiger charge is -2.40. The molecule has 1 aliphatic rings. The topological polar surface area (TPSA) is 72.9 Å². The lowest BCUT2D eigenvalue weighted by molar-refractivity contribution is -0.126. The zero-order valence-electron chi connectivity index (χ0n) is 13.2. The van der Waals surface area contributed by atoms with Gasteiger partial charge in [0.1, 0.15) is 0 Å². The molecule has 0 bridgehead atoms. The molecule has 1 aromatic rings. The highest BCUT2D eigenvalue weighted by Crippen LogP contribution is 2.37. The monoisotopic (exact) mass is 312 g/mol. The van der Waals surface area contributed by atoms with Crippen molar-refractivity contribution in [2.75, 3.05) is 0 Å². The van der Waals surface area contributed by atoms with Crippen LogP contribution in [0.4, 0.5) is 0 Å². The molecule has 0 aromatic carbocycles. The van der Waals surface area contributed by atoms with Gasteiger partial charge in [-0.15, -0.1) is 0 Å². The molecule has 0 saturated heterocycles. The number of aromatic nitrogens is 2. The molecule has 118 valence electrons. The van der Waals surface area contributed by atoms with Gasteiger partial charge in [-0.2, -0.15) is 5.10 Å². The van der Waals surface area contributed by atoms with Gasteiger partial charge in [0.15, 0.2) is 0 Å². The Morgan fingerprint density at radius 3 is 2.67 bits per heavy atom. The van der Waals surface area contributed by atoms with Crippen LogP contribution in [0.1, 0.15) is 57.0 Å². The normalized spacial score (nSPS) is 26.3. The predicted octanol–water partition coefficient (Wildman–Crippen LogP) is 2.49. The highest BCUT2D eigenvalue weighted by atomic mass is 35.5. The van der Waals surface area contributed by atoms with Crippen molar-refractivity contribution in [3.8, 4) is 0 Å². The van der Waals surface area contributed by atoms with Crippen LogP contribution in [0.25, 0.3) is 0 Å². The molecule has 2 rings (SSSR count). The Bertz CT molecular complexity index is 540. The van der Waals surface area contributed by atoms with Crippen LogP contribution < -0.4 is 11.1 Å². The van der Waals surface area contributed by atoms with Gasteiger partial charge in [0.2, 0.25) is 5.91 Å². The summed E-state index contributed by atoms with van der Waals surface area (Å²) in [6.45, 7) is 7.95. The molecule has 2 atom stereocenters. The van der Waals surface area contributed by atoms with Gasteiger partial charge in [0.25, 0.3) is 0 Å². The van der Waals surface area contributed by atoms with E-state index < -0.39 is 5.54 Å². The highest BCUT2D eigenvalue weighted by Gasteiger charge is 2.42. The third-order valence-electron chi connectivity index (χ3n) is 4.34. The van der Waals surface area contributed by atoms with Crippen molar-refractivity contribution < 1.29 is 4.79 Å². The van der Waals surface area contributed by atoms with E-state index in [0.29, 0.717) is 11.4 Å². The quantitative estimate of drug-likeness (QED) is 0.897. The van der Waals surface area contributed by atoms with Gasteiger partial charge in [-0.05, 0) is 53.4 Å². The number of hydrogen-bond donors (Lipinski definition) is 2. The summed E-state index contributed by atoms with van der Waals surface area (Å²) in [7, 11) is 0. The second kappa shape index (κ2) is 5.97. The Kier molecular flexibility index (Phi) is 4.63. The molecule has 5 nitrogen and oxygen atoms in total. The number of nitrogens with one attached hydrogen (secondary N) is 1. The van der Waals surface area contributed by atoms with E-state index in [1.54, 1.807) is 0 Å². The molecule has 0 spiro atoms. The number of aryl methyl sites for hydroxylation is 1. The second-order valence-electron chi connectivity index (χ2n) is 6.42. The van der Waals surface area contributed by atoms with Crippen LogP contribution in [-0.4, -0.2) is 27.3 Å². The van der Waals surface area contributed by atoms with E-state index in [2.05, 4.69) is 10.4 Å². The molecule has 1 aromatic heterocycles. The van der Waals surface area contributed by atoms with Crippen molar-refractivity contribution in [3.05, 3.63) is 16.4 Å². The summed E-state index contributed by atoms with van der Waals surface area (Å²) >= 11 is 6.24. The molecule has 21 heavy (non-hydrogen) atoms. The van der Waals surface area contributed by atoms with Crippen LogP contribution in [0.3, 0.4) is 0 Å². The van der Waals surface area contributed by atoms with E-state index in [-0.39, 0.29) is 18.0 Å². The van der Waals surface area contributed by atoms with Crippen LogP contribution in [0, 0.1) is 13.8 Å². The number of primary amides is 1. The summed E-state index contributed by atoms with van der Waals surface area (Å²) in [5.74, 6) is -0.270. The van der Waals surface area contributed by atoms with Gasteiger partial charge in [-0.25, -0.2) is 0 Å². The Balaban J connectivity index is 2.30. The first kappa shape index (κ1) is 16.3. The number of nitrogens with zero attached hydrogens (tertiary/aromatic N) is 2. The van der Waals surface area contributed by atoms with Crippen molar-refractivity contribution in [1.82, 2.24) is 15.1 Å². The van der Waals surface area contributed by atoms with E-state index in [4.69, 9.17) is 17.3 Å². The minimum Gasteiger partial charge on any atom is -0.368 e. The molecule has 2 unspecified atom stereocenters. The Labute approximate surface area is 131 Å². The number of amides is 1. The van der Waals surface area contributed by atoms with Crippen LogP contribution in [0.15, 0.2) is 0 Å². The van der Waals surface area contributed by atoms with Gasteiger partial charge in [0.05, 0.1) is 28.0 Å². The summed E-state index contributed by atoms with van der Waals surface area (Å²) in [4.78, 5) is 12.0. The van der Waals surface area contributed by atoms with E-state index in [9.17, 15) is 4.79 Å². The maximum absolute atomic E-state index is 12.0. The van der Waals surface area contributed by atoms with E-state index in [0.717, 1.165) is 30.7 Å². The van der Waals surface area contributed by atoms with Gasteiger partial charge in [-0.3, -0.25) is 9.48 Å². The van der Waals surface area contributed by atoms with E-state index in [1.807, 2.05) is 32.4 Å². The summed E-state index contributed by atoms with van der Waals surface area (Å²) in [5.41, 5.74) is 6.86. The lowest BCUT2D eigenvalue weighted by Crippen LogP contribution is -2.60. The molecular formula is C15H25ClN4O. The summed E-state index contributed by atoms with van der Waals surface area (Å²) < 4.78 is 1.97. The first-order valence-corrected chi connectivity index (χ1v) is 7.93. The Morgan fingerprint density at radius 1 is 1.52 bits per heavy atom. The number of hydrogen-bond acceptors (Lipinski definition) is 3. The van der Waals surface area contributed by atoms with Crippen LogP contribution in [0.2, 0.25) is 5.02 Å². The zero-order valence-corrected chi connectivity index (χ0v) is 14.0. The number of rotatable bonds is 4. The lowest BCUT2D eigenvalue weighted by atomic mass is 9.78. The maximum Gasteiger partial charge on any atom is 0.237 e. The largest absolute Gasteiger partial charge is 0.368 e. The van der Waals surface area contributed by atoms with Crippen molar-refractivity contribution in [2.45, 2.75) is 71.0 Å². The molecule has 1 saturated carbocycles. The minimum atomic E-state index is -0.643. The average molecular weight is 313 g/mol. The Morgan fingerprint density at radius 2 is 2.19 bits per heavy atom. The first-order valence-electron chi connectivity index (χ1n) is 7.55. The summed E-state index contributed by atoms with van der Waals surface area (Å²) in [6.07, 6.45) is 3.39. The van der Waals surface area contributed by atoms with Crippen molar-refractivity contribution in [2.24, 2.45) is 5.73 Å². The third-order valence-corrected chi connectivity index (χ3v) is 4.89. The van der Waals surface area contributed by atoms with E-state index >= 15 is 0 Å². The van der Waals surface area contributed by atoms with Gasteiger partial charge >= 0.3 is 0 Å². The fourth-order valence-electron chi connectivity index (χ4n) is 3.43. The number of halogens is 1. The second-order valence-corrected chi connectivity index (χ2v) is 6.80. The predicted molar refractivity (Wildman–Crippen MR) is 84.4 cm³/mol. The fourth-order valence-corrected chi connectivity index (χ4v) is 3.56. The molecule has 1 heterocycles. The third kappa shape index (κ3) is 3.09. The van der Waals surface area contributed by atoms with Crippen molar-refractivity contribution >= 4 is 17.5 Å². The maximum atomic E-state index is 12.0.